The molecule has 0 atom stereocenters. The zero-order valence-corrected chi connectivity index (χ0v) is 29.0. The fraction of sp³-hybridized carbons (Fsp3) is 0.400. The predicted molar refractivity (Wildman–Crippen MR) is 175 cm³/mol. The van der Waals surface area contributed by atoms with Crippen molar-refractivity contribution < 1.29 is 22.3 Å². The van der Waals surface area contributed by atoms with E-state index in [-0.39, 0.29) is 13.1 Å². The van der Waals surface area contributed by atoms with Crippen LogP contribution in [-0.2, 0) is 13.1 Å². The third-order valence-electron chi connectivity index (χ3n) is 7.52. The number of benzene rings is 2. The van der Waals surface area contributed by atoms with E-state index < -0.39 is 0 Å². The molecule has 0 spiro atoms. The van der Waals surface area contributed by atoms with Gasteiger partial charge in [-0.1, -0.05) is 97.9 Å². The van der Waals surface area contributed by atoms with E-state index >= 15 is 0 Å². The van der Waals surface area contributed by atoms with Crippen molar-refractivity contribution in [1.29, 1.82) is 0 Å². The summed E-state index contributed by atoms with van der Waals surface area (Å²) in [4.78, 5) is 5.13. The molecule has 6 heteroatoms. The Hall–Kier alpha value is -2.23. The van der Waals surface area contributed by atoms with Gasteiger partial charge in [-0.25, -0.2) is 0 Å². The SMILES string of the molecule is [CH2-][N+](=C(C)c1cccc(C(C)=[N+]([CH2-])c2c(C(C)C)cccc2C(C)C)n1)c1c(C(C)C)cccc1C(C)C.[Cl][Fe][Cl]. The molecule has 0 N–H and O–H groups in total. The quantitative estimate of drug-likeness (QED) is 0.104. The van der Waals surface area contributed by atoms with Gasteiger partial charge in [0.2, 0.25) is 0 Å². The summed E-state index contributed by atoms with van der Waals surface area (Å²) in [6.07, 6.45) is 0. The number of hydrogen-bond donors (Lipinski definition) is 0. The van der Waals surface area contributed by atoms with E-state index in [0.29, 0.717) is 23.7 Å². The fourth-order valence-corrected chi connectivity index (χ4v) is 5.10. The van der Waals surface area contributed by atoms with Crippen LogP contribution in [-0.4, -0.2) is 25.6 Å². The second-order valence-corrected chi connectivity index (χ2v) is 13.5. The van der Waals surface area contributed by atoms with Gasteiger partial charge in [-0.15, -0.1) is 0 Å². The Balaban J connectivity index is 0.00000187. The van der Waals surface area contributed by atoms with E-state index in [1.165, 1.54) is 33.6 Å². The summed E-state index contributed by atoms with van der Waals surface area (Å²) in [5, 5.41) is 0. The Morgan fingerprint density at radius 3 is 1.07 bits per heavy atom. The topological polar surface area (TPSA) is 18.9 Å². The Bertz CT molecular complexity index is 1230. The van der Waals surface area contributed by atoms with Crippen molar-refractivity contribution in [2.75, 3.05) is 0 Å². The van der Waals surface area contributed by atoms with Crippen LogP contribution in [0.1, 0.15) is 127 Å². The minimum absolute atomic E-state index is 0.194. The van der Waals surface area contributed by atoms with E-state index in [4.69, 9.17) is 25.2 Å². The van der Waals surface area contributed by atoms with Gasteiger partial charge in [0.25, 0.3) is 0 Å². The molecule has 0 amide bonds. The molecule has 3 rings (SSSR count). The molecule has 0 saturated heterocycles. The summed E-state index contributed by atoms with van der Waals surface area (Å²) in [7, 11) is 18.6. The van der Waals surface area contributed by atoms with Crippen molar-refractivity contribution in [3.05, 3.63) is 102 Å². The van der Waals surface area contributed by atoms with E-state index in [1.807, 2.05) is 0 Å². The molecule has 2 aromatic carbocycles. The zero-order valence-electron chi connectivity index (χ0n) is 26.4. The maximum absolute atomic E-state index is 5.13. The van der Waals surface area contributed by atoms with Crippen LogP contribution in [0.15, 0.2) is 54.6 Å². The third-order valence-corrected chi connectivity index (χ3v) is 7.52. The minimum atomic E-state index is 0.194. The van der Waals surface area contributed by atoms with Crippen LogP contribution in [0, 0.1) is 14.1 Å². The van der Waals surface area contributed by atoms with Crippen LogP contribution >= 0.6 is 20.2 Å². The maximum atomic E-state index is 5.13. The second kappa shape index (κ2) is 15.8. The molecule has 0 aliphatic rings. The Morgan fingerprint density at radius 1 is 0.585 bits per heavy atom. The number of pyridine rings is 1. The summed E-state index contributed by atoms with van der Waals surface area (Å²) in [6.45, 7) is 22.2. The van der Waals surface area contributed by atoms with Crippen molar-refractivity contribution in [2.24, 2.45) is 0 Å². The van der Waals surface area contributed by atoms with E-state index in [2.05, 4.69) is 147 Å². The zero-order chi connectivity index (χ0) is 31.0. The van der Waals surface area contributed by atoms with Crippen LogP contribution in [0.25, 0.3) is 0 Å². The summed E-state index contributed by atoms with van der Waals surface area (Å²) in [6, 6.07) is 19.4. The second-order valence-electron chi connectivity index (χ2n) is 11.7. The molecule has 41 heavy (non-hydrogen) atoms. The van der Waals surface area contributed by atoms with Crippen molar-refractivity contribution >= 4 is 43.0 Å². The van der Waals surface area contributed by atoms with Gasteiger partial charge in [-0.05, 0) is 71.9 Å². The predicted octanol–water partition coefficient (Wildman–Crippen LogP) is 10.8. The Kier molecular flexibility index (Phi) is 13.5. The first-order valence-corrected chi connectivity index (χ1v) is 17.3. The molecule has 224 valence electrons. The molecule has 0 unspecified atom stereocenters. The first kappa shape index (κ1) is 35.0. The van der Waals surface area contributed by atoms with Crippen LogP contribution in [0.5, 0.6) is 0 Å². The van der Waals surface area contributed by atoms with E-state index in [9.17, 15) is 0 Å². The molecule has 0 saturated carbocycles. The average molecular weight is 637 g/mol. The van der Waals surface area contributed by atoms with E-state index in [1.54, 1.807) is 0 Å². The van der Waals surface area contributed by atoms with Crippen LogP contribution in [0.2, 0.25) is 0 Å². The van der Waals surface area contributed by atoms with Crippen molar-refractivity contribution in [3.8, 4) is 0 Å². The van der Waals surface area contributed by atoms with E-state index in [0.717, 1.165) is 22.8 Å². The molecule has 1 heterocycles. The third kappa shape index (κ3) is 8.42. The first-order chi connectivity index (χ1) is 19.3. The van der Waals surface area contributed by atoms with Gasteiger partial charge in [-0.2, -0.15) is 0 Å². The molecule has 0 radical (unpaired) electrons. The molecule has 3 aromatic rings. The van der Waals surface area contributed by atoms with Gasteiger partial charge < -0.3 is 9.15 Å². The van der Waals surface area contributed by atoms with Gasteiger partial charge in [0.05, 0.1) is 11.4 Å². The van der Waals surface area contributed by atoms with Crippen molar-refractivity contribution in [3.63, 3.8) is 0 Å². The van der Waals surface area contributed by atoms with Crippen LogP contribution in [0.3, 0.4) is 0 Å². The van der Waals surface area contributed by atoms with Gasteiger partial charge in [-0.3, -0.25) is 4.98 Å². The number of halogens is 2. The number of aromatic nitrogens is 1. The first-order valence-electron chi connectivity index (χ1n) is 14.2. The Morgan fingerprint density at radius 2 is 0.829 bits per heavy atom. The van der Waals surface area contributed by atoms with Gasteiger partial charge >= 0.3 is 33.3 Å². The summed E-state index contributed by atoms with van der Waals surface area (Å²) < 4.78 is 4.16. The summed E-state index contributed by atoms with van der Waals surface area (Å²) in [5.74, 6) is 1.58. The summed E-state index contributed by atoms with van der Waals surface area (Å²) >= 11 is 0.194. The van der Waals surface area contributed by atoms with Crippen molar-refractivity contribution in [2.45, 2.75) is 92.9 Å². The van der Waals surface area contributed by atoms with Crippen LogP contribution < -0.4 is 0 Å². The molecule has 3 nitrogen and oxygen atoms in total. The van der Waals surface area contributed by atoms with Gasteiger partial charge in [0, 0.05) is 14.1 Å². The number of nitrogens with zero attached hydrogens (tertiary/aromatic N) is 3. The molecule has 0 fully saturated rings. The molecular weight excluding hydrogens is 589 g/mol. The average Bonchev–Trinajstić information content (AvgIpc) is 2.94. The number of rotatable bonds is 8. The molecular formula is C35H47Cl2FeN3. The molecule has 1 aromatic heterocycles. The molecule has 0 aliphatic carbocycles. The summed E-state index contributed by atoms with van der Waals surface area (Å²) in [5.41, 5.74) is 11.5. The standard InChI is InChI=1S/C35H47N3.2ClH.Fe/c1-22(2)28-16-13-17-29(23(3)4)34(28)37(11)26(9)32-20-15-21-33(36-32)27(10)38(12)35-30(24(5)6)18-14-19-31(35)25(7)8;;;/h13-25H,11-12H2,1-10H3;2*1H;/q;;;+2/p-2. The Labute approximate surface area is 264 Å². The van der Waals surface area contributed by atoms with Crippen molar-refractivity contribution in [1.82, 2.24) is 4.98 Å². The van der Waals surface area contributed by atoms with Gasteiger partial charge in [0.15, 0.2) is 0 Å². The molecule has 0 aliphatic heterocycles. The monoisotopic (exact) mass is 635 g/mol. The van der Waals surface area contributed by atoms with Crippen LogP contribution in [0.4, 0.5) is 11.4 Å². The number of hydrogen-bond acceptors (Lipinski definition) is 1. The molecule has 0 bridgehead atoms. The fourth-order valence-electron chi connectivity index (χ4n) is 5.10. The normalized spacial score (nSPS) is 13.0. The van der Waals surface area contributed by atoms with Gasteiger partial charge in [0.1, 0.15) is 22.8 Å². The number of para-hydroxylation sites is 2.